The molecule has 1 aliphatic rings. The molecule has 0 aliphatic carbocycles. The maximum absolute atomic E-state index is 8.89. The fourth-order valence-corrected chi connectivity index (χ4v) is 2.43. The van der Waals surface area contributed by atoms with E-state index in [0.717, 1.165) is 31.1 Å². The smallest absolute Gasteiger partial charge is 0.126 e. The van der Waals surface area contributed by atoms with E-state index in [1.165, 1.54) is 16.7 Å². The second kappa shape index (κ2) is 5.32. The molecule has 0 saturated heterocycles. The average Bonchev–Trinajstić information content (AvgIpc) is 2.92. The standard InChI is InChI=1S/C16H16N4/c1-11-13(7-17)4-5-16(20-11)19-8-12-2-3-14-9-18-10-15(14)6-12/h2-6,18H,8-10H2,1H3,(H,19,20). The van der Waals surface area contributed by atoms with Crippen LogP contribution in [0.3, 0.4) is 0 Å². The van der Waals surface area contributed by atoms with Crippen LogP contribution in [-0.2, 0) is 19.6 Å². The number of anilines is 1. The molecule has 2 N–H and O–H groups in total. The van der Waals surface area contributed by atoms with Crippen LogP contribution < -0.4 is 10.6 Å². The predicted octanol–water partition coefficient (Wildman–Crippen LogP) is 2.48. The molecule has 100 valence electrons. The van der Waals surface area contributed by atoms with Gasteiger partial charge in [0.2, 0.25) is 0 Å². The zero-order valence-corrected chi connectivity index (χ0v) is 11.4. The lowest BCUT2D eigenvalue weighted by molar-refractivity contribution is 0.764. The van der Waals surface area contributed by atoms with Gasteiger partial charge in [0, 0.05) is 19.6 Å². The van der Waals surface area contributed by atoms with Crippen LogP contribution in [0.15, 0.2) is 30.3 Å². The molecule has 3 rings (SSSR count). The third-order valence-electron chi connectivity index (χ3n) is 3.58. The maximum atomic E-state index is 8.89. The molecule has 0 atom stereocenters. The van der Waals surface area contributed by atoms with Crippen molar-refractivity contribution >= 4 is 5.82 Å². The van der Waals surface area contributed by atoms with Crippen LogP contribution >= 0.6 is 0 Å². The summed E-state index contributed by atoms with van der Waals surface area (Å²) in [5, 5.41) is 15.5. The number of nitrogens with one attached hydrogen (secondary N) is 2. The molecular weight excluding hydrogens is 248 g/mol. The number of nitriles is 1. The van der Waals surface area contributed by atoms with Gasteiger partial charge in [-0.05, 0) is 35.7 Å². The minimum Gasteiger partial charge on any atom is -0.366 e. The Morgan fingerprint density at radius 1 is 1.25 bits per heavy atom. The average molecular weight is 264 g/mol. The third-order valence-corrected chi connectivity index (χ3v) is 3.58. The number of rotatable bonds is 3. The highest BCUT2D eigenvalue weighted by Gasteiger charge is 2.09. The molecule has 4 nitrogen and oxygen atoms in total. The topological polar surface area (TPSA) is 60.7 Å². The Hall–Kier alpha value is -2.38. The van der Waals surface area contributed by atoms with E-state index in [9.17, 15) is 0 Å². The van der Waals surface area contributed by atoms with Crippen LogP contribution in [0.4, 0.5) is 5.82 Å². The van der Waals surface area contributed by atoms with Gasteiger partial charge in [0.25, 0.3) is 0 Å². The SMILES string of the molecule is Cc1nc(NCc2ccc3c(c2)CNC3)ccc1C#N. The zero-order chi connectivity index (χ0) is 13.9. The van der Waals surface area contributed by atoms with Crippen LogP contribution in [0.1, 0.15) is 27.9 Å². The molecule has 0 saturated carbocycles. The summed E-state index contributed by atoms with van der Waals surface area (Å²) in [4.78, 5) is 4.39. The minimum atomic E-state index is 0.624. The monoisotopic (exact) mass is 264 g/mol. The van der Waals surface area contributed by atoms with Gasteiger partial charge < -0.3 is 10.6 Å². The first-order valence-electron chi connectivity index (χ1n) is 6.69. The zero-order valence-electron chi connectivity index (χ0n) is 11.4. The lowest BCUT2D eigenvalue weighted by Gasteiger charge is -2.08. The van der Waals surface area contributed by atoms with Gasteiger partial charge in [0.1, 0.15) is 11.9 Å². The van der Waals surface area contributed by atoms with E-state index in [2.05, 4.69) is 39.9 Å². The number of fused-ring (bicyclic) bond motifs is 1. The van der Waals surface area contributed by atoms with Crippen molar-refractivity contribution < 1.29 is 0 Å². The van der Waals surface area contributed by atoms with Crippen molar-refractivity contribution in [3.05, 3.63) is 58.3 Å². The molecule has 0 amide bonds. The van der Waals surface area contributed by atoms with Crippen molar-refractivity contribution in [2.45, 2.75) is 26.6 Å². The number of benzene rings is 1. The highest BCUT2D eigenvalue weighted by Crippen LogP contribution is 2.18. The fourth-order valence-electron chi connectivity index (χ4n) is 2.43. The van der Waals surface area contributed by atoms with Crippen LogP contribution in [0, 0.1) is 18.3 Å². The van der Waals surface area contributed by atoms with Crippen molar-refractivity contribution in [2.24, 2.45) is 0 Å². The lowest BCUT2D eigenvalue weighted by Crippen LogP contribution is -2.03. The molecule has 1 aliphatic heterocycles. The Labute approximate surface area is 118 Å². The Bertz CT molecular complexity index is 674. The number of hydrogen-bond donors (Lipinski definition) is 2. The van der Waals surface area contributed by atoms with Gasteiger partial charge in [-0.3, -0.25) is 0 Å². The molecule has 4 heteroatoms. The minimum absolute atomic E-state index is 0.624. The highest BCUT2D eigenvalue weighted by atomic mass is 15.0. The molecule has 0 bridgehead atoms. The molecule has 1 aromatic heterocycles. The summed E-state index contributed by atoms with van der Waals surface area (Å²) in [7, 11) is 0. The normalized spacial score (nSPS) is 12.8. The number of nitrogens with zero attached hydrogens (tertiary/aromatic N) is 2. The van der Waals surface area contributed by atoms with Crippen LogP contribution in [0.25, 0.3) is 0 Å². The van der Waals surface area contributed by atoms with Crippen LogP contribution in [0.5, 0.6) is 0 Å². The summed E-state index contributed by atoms with van der Waals surface area (Å²) in [6.07, 6.45) is 0. The van der Waals surface area contributed by atoms with Gasteiger partial charge in [-0.15, -0.1) is 0 Å². The summed E-state index contributed by atoms with van der Waals surface area (Å²) in [6, 6.07) is 12.3. The first-order valence-corrected chi connectivity index (χ1v) is 6.69. The van der Waals surface area contributed by atoms with E-state index in [1.807, 2.05) is 13.0 Å². The van der Waals surface area contributed by atoms with Gasteiger partial charge in [0.15, 0.2) is 0 Å². The number of hydrogen-bond acceptors (Lipinski definition) is 4. The Morgan fingerprint density at radius 3 is 2.90 bits per heavy atom. The van der Waals surface area contributed by atoms with E-state index >= 15 is 0 Å². The second-order valence-electron chi connectivity index (χ2n) is 5.00. The predicted molar refractivity (Wildman–Crippen MR) is 78.0 cm³/mol. The Balaban J connectivity index is 1.70. The Kier molecular flexibility index (Phi) is 3.36. The van der Waals surface area contributed by atoms with Gasteiger partial charge >= 0.3 is 0 Å². The largest absolute Gasteiger partial charge is 0.366 e. The lowest BCUT2D eigenvalue weighted by atomic mass is 10.1. The van der Waals surface area contributed by atoms with Crippen LogP contribution in [-0.4, -0.2) is 4.98 Å². The summed E-state index contributed by atoms with van der Waals surface area (Å²) in [6.45, 7) is 4.52. The number of aryl methyl sites for hydroxylation is 1. The highest BCUT2D eigenvalue weighted by molar-refractivity contribution is 5.44. The summed E-state index contributed by atoms with van der Waals surface area (Å²) < 4.78 is 0. The van der Waals surface area contributed by atoms with Crippen molar-refractivity contribution in [1.82, 2.24) is 10.3 Å². The van der Waals surface area contributed by atoms with Crippen molar-refractivity contribution in [3.8, 4) is 6.07 Å². The van der Waals surface area contributed by atoms with E-state index in [-0.39, 0.29) is 0 Å². The van der Waals surface area contributed by atoms with Crippen molar-refractivity contribution in [3.63, 3.8) is 0 Å². The third kappa shape index (κ3) is 2.49. The quantitative estimate of drug-likeness (QED) is 0.894. The summed E-state index contributed by atoms with van der Waals surface area (Å²) >= 11 is 0. The molecule has 0 fully saturated rings. The van der Waals surface area contributed by atoms with E-state index < -0.39 is 0 Å². The fraction of sp³-hybridized carbons (Fsp3) is 0.250. The van der Waals surface area contributed by atoms with Gasteiger partial charge in [-0.1, -0.05) is 18.2 Å². The molecular formula is C16H16N4. The van der Waals surface area contributed by atoms with E-state index in [1.54, 1.807) is 6.07 Å². The number of aromatic nitrogens is 1. The molecule has 0 unspecified atom stereocenters. The van der Waals surface area contributed by atoms with Crippen molar-refractivity contribution in [2.75, 3.05) is 5.32 Å². The molecule has 2 heterocycles. The Morgan fingerprint density at radius 2 is 2.10 bits per heavy atom. The molecule has 0 radical (unpaired) electrons. The second-order valence-corrected chi connectivity index (χ2v) is 5.00. The first-order chi connectivity index (χ1) is 9.76. The van der Waals surface area contributed by atoms with Gasteiger partial charge in [0.05, 0.1) is 11.3 Å². The summed E-state index contributed by atoms with van der Waals surface area (Å²) in [5.41, 5.74) is 5.40. The van der Waals surface area contributed by atoms with E-state index in [0.29, 0.717) is 5.56 Å². The van der Waals surface area contributed by atoms with Gasteiger partial charge in [-0.2, -0.15) is 5.26 Å². The maximum Gasteiger partial charge on any atom is 0.126 e. The number of pyridine rings is 1. The van der Waals surface area contributed by atoms with Crippen LogP contribution in [0.2, 0.25) is 0 Å². The molecule has 0 spiro atoms. The van der Waals surface area contributed by atoms with Gasteiger partial charge in [-0.25, -0.2) is 4.98 Å². The van der Waals surface area contributed by atoms with E-state index in [4.69, 9.17) is 5.26 Å². The summed E-state index contributed by atoms with van der Waals surface area (Å²) in [5.74, 6) is 0.806. The molecule has 2 aromatic rings. The van der Waals surface area contributed by atoms with Crippen molar-refractivity contribution in [1.29, 1.82) is 5.26 Å². The first kappa shape index (κ1) is 12.6. The molecule has 1 aromatic carbocycles. The molecule has 20 heavy (non-hydrogen) atoms.